The molecule has 3 nitrogen and oxygen atoms in total. The van der Waals surface area contributed by atoms with Crippen molar-refractivity contribution in [2.45, 2.75) is 6.54 Å². The molecule has 19 heavy (non-hydrogen) atoms. The third kappa shape index (κ3) is 2.80. The summed E-state index contributed by atoms with van der Waals surface area (Å²) in [6.07, 6.45) is 0. The number of nitrogens with zero attached hydrogens (tertiary/aromatic N) is 1. The van der Waals surface area contributed by atoms with E-state index in [0.29, 0.717) is 5.13 Å². The van der Waals surface area contributed by atoms with Crippen molar-refractivity contribution in [2.24, 2.45) is 0 Å². The second-order valence-corrected chi connectivity index (χ2v) is 5.72. The lowest BCUT2D eigenvalue weighted by Crippen LogP contribution is -1.98. The summed E-state index contributed by atoms with van der Waals surface area (Å²) in [5.74, 6) is 0. The molecule has 0 aliphatic carbocycles. The van der Waals surface area contributed by atoms with Gasteiger partial charge in [0.15, 0.2) is 5.13 Å². The standard InChI is InChI=1S/C14H12ClN3S/c15-10-3-1-2-9(6-10)8-17-11-4-5-12-13(7-11)19-14(16)18-12/h1-7,17H,8H2,(H2,16,18). The van der Waals surface area contributed by atoms with Gasteiger partial charge in [0.05, 0.1) is 10.2 Å². The van der Waals surface area contributed by atoms with Gasteiger partial charge in [-0.2, -0.15) is 0 Å². The summed E-state index contributed by atoms with van der Waals surface area (Å²) in [4.78, 5) is 4.24. The average Bonchev–Trinajstić information content (AvgIpc) is 2.75. The lowest BCUT2D eigenvalue weighted by atomic mass is 10.2. The molecule has 1 aromatic heterocycles. The maximum Gasteiger partial charge on any atom is 0.181 e. The number of anilines is 2. The first kappa shape index (κ1) is 12.3. The molecule has 0 bridgehead atoms. The zero-order chi connectivity index (χ0) is 13.2. The van der Waals surface area contributed by atoms with E-state index < -0.39 is 0 Å². The van der Waals surface area contributed by atoms with E-state index in [-0.39, 0.29) is 0 Å². The molecule has 0 fully saturated rings. The SMILES string of the molecule is Nc1nc2ccc(NCc3cccc(Cl)c3)cc2s1. The van der Waals surface area contributed by atoms with E-state index in [0.717, 1.165) is 33.0 Å². The van der Waals surface area contributed by atoms with Crippen LogP contribution in [0.5, 0.6) is 0 Å². The van der Waals surface area contributed by atoms with Crippen molar-refractivity contribution in [2.75, 3.05) is 11.1 Å². The molecule has 0 radical (unpaired) electrons. The Bertz CT molecular complexity index is 724. The van der Waals surface area contributed by atoms with Gasteiger partial charge in [0.1, 0.15) is 0 Å². The van der Waals surface area contributed by atoms with Gasteiger partial charge in [-0.25, -0.2) is 4.98 Å². The fourth-order valence-corrected chi connectivity index (χ4v) is 2.89. The number of nitrogen functional groups attached to an aromatic ring is 1. The van der Waals surface area contributed by atoms with Crippen LogP contribution in [-0.2, 0) is 6.54 Å². The van der Waals surface area contributed by atoms with Crippen LogP contribution in [0.2, 0.25) is 5.02 Å². The molecule has 5 heteroatoms. The Morgan fingerprint density at radius 1 is 1.21 bits per heavy atom. The second kappa shape index (κ2) is 5.07. The first-order chi connectivity index (χ1) is 9.20. The highest BCUT2D eigenvalue weighted by Gasteiger charge is 2.02. The average molecular weight is 290 g/mol. The van der Waals surface area contributed by atoms with E-state index in [1.807, 2.05) is 36.4 Å². The van der Waals surface area contributed by atoms with Gasteiger partial charge in [0, 0.05) is 17.3 Å². The van der Waals surface area contributed by atoms with Crippen LogP contribution in [0.25, 0.3) is 10.2 Å². The normalized spacial score (nSPS) is 10.8. The van der Waals surface area contributed by atoms with Crippen LogP contribution in [0.1, 0.15) is 5.56 Å². The maximum absolute atomic E-state index is 5.96. The van der Waals surface area contributed by atoms with E-state index in [1.165, 1.54) is 11.3 Å². The molecule has 0 atom stereocenters. The smallest absolute Gasteiger partial charge is 0.181 e. The Kier molecular flexibility index (Phi) is 3.27. The van der Waals surface area contributed by atoms with Crippen LogP contribution in [-0.4, -0.2) is 4.98 Å². The molecule has 0 spiro atoms. The summed E-state index contributed by atoms with van der Waals surface area (Å²) in [7, 11) is 0. The number of thiazole rings is 1. The first-order valence-electron chi connectivity index (χ1n) is 5.85. The van der Waals surface area contributed by atoms with Crippen LogP contribution in [0.4, 0.5) is 10.8 Å². The van der Waals surface area contributed by atoms with Gasteiger partial charge >= 0.3 is 0 Å². The van der Waals surface area contributed by atoms with Crippen molar-refractivity contribution >= 4 is 44.0 Å². The highest BCUT2D eigenvalue weighted by Crippen LogP contribution is 2.26. The number of halogens is 1. The summed E-state index contributed by atoms with van der Waals surface area (Å²) < 4.78 is 1.09. The number of nitrogens with two attached hydrogens (primary N) is 1. The van der Waals surface area contributed by atoms with Crippen LogP contribution in [0, 0.1) is 0 Å². The number of hydrogen-bond donors (Lipinski definition) is 2. The predicted molar refractivity (Wildman–Crippen MR) is 82.8 cm³/mol. The number of aromatic nitrogens is 1. The molecule has 3 rings (SSSR count). The fourth-order valence-electron chi connectivity index (χ4n) is 1.90. The van der Waals surface area contributed by atoms with E-state index in [4.69, 9.17) is 17.3 Å². The van der Waals surface area contributed by atoms with Gasteiger partial charge < -0.3 is 11.1 Å². The summed E-state index contributed by atoms with van der Waals surface area (Å²) in [6, 6.07) is 13.9. The molecule has 0 aliphatic heterocycles. The molecule has 1 heterocycles. The molecule has 0 saturated carbocycles. The zero-order valence-corrected chi connectivity index (χ0v) is 11.6. The van der Waals surface area contributed by atoms with Crippen molar-refractivity contribution in [3.05, 3.63) is 53.1 Å². The second-order valence-electron chi connectivity index (χ2n) is 4.22. The van der Waals surface area contributed by atoms with Crippen molar-refractivity contribution < 1.29 is 0 Å². The molecule has 0 unspecified atom stereocenters. The molecule has 3 aromatic rings. The minimum absolute atomic E-state index is 0.599. The number of hydrogen-bond acceptors (Lipinski definition) is 4. The summed E-state index contributed by atoms with van der Waals surface area (Å²) in [5.41, 5.74) is 8.84. The van der Waals surface area contributed by atoms with Gasteiger partial charge in [-0.15, -0.1) is 0 Å². The Hall–Kier alpha value is -1.78. The number of rotatable bonds is 3. The van der Waals surface area contributed by atoms with Gasteiger partial charge in [-0.05, 0) is 35.9 Å². The van der Waals surface area contributed by atoms with Crippen LogP contribution >= 0.6 is 22.9 Å². The van der Waals surface area contributed by atoms with E-state index in [9.17, 15) is 0 Å². The molecular formula is C14H12ClN3S. The lowest BCUT2D eigenvalue weighted by molar-refractivity contribution is 1.15. The molecule has 96 valence electrons. The van der Waals surface area contributed by atoms with Gasteiger partial charge in [-0.1, -0.05) is 35.1 Å². The molecule has 3 N–H and O–H groups in total. The van der Waals surface area contributed by atoms with Gasteiger partial charge in [0.2, 0.25) is 0 Å². The maximum atomic E-state index is 5.96. The summed E-state index contributed by atoms with van der Waals surface area (Å²) in [6.45, 7) is 0.736. The van der Waals surface area contributed by atoms with Gasteiger partial charge in [-0.3, -0.25) is 0 Å². The third-order valence-electron chi connectivity index (χ3n) is 2.79. The molecule has 2 aromatic carbocycles. The van der Waals surface area contributed by atoms with Crippen LogP contribution in [0.15, 0.2) is 42.5 Å². The summed E-state index contributed by atoms with van der Waals surface area (Å²) >= 11 is 7.46. The van der Waals surface area contributed by atoms with E-state index >= 15 is 0 Å². The monoisotopic (exact) mass is 289 g/mol. The lowest BCUT2D eigenvalue weighted by Gasteiger charge is -2.06. The number of nitrogens with one attached hydrogen (secondary N) is 1. The zero-order valence-electron chi connectivity index (χ0n) is 10.1. The highest BCUT2D eigenvalue weighted by atomic mass is 35.5. The molecular weight excluding hydrogens is 278 g/mol. The first-order valence-corrected chi connectivity index (χ1v) is 7.04. The number of benzene rings is 2. The van der Waals surface area contributed by atoms with E-state index in [2.05, 4.69) is 16.4 Å². The Balaban J connectivity index is 1.78. The Morgan fingerprint density at radius 2 is 2.11 bits per heavy atom. The van der Waals surface area contributed by atoms with Crippen LogP contribution in [0.3, 0.4) is 0 Å². The van der Waals surface area contributed by atoms with Crippen molar-refractivity contribution in [3.8, 4) is 0 Å². The van der Waals surface area contributed by atoms with Crippen molar-refractivity contribution in [3.63, 3.8) is 0 Å². The van der Waals surface area contributed by atoms with Crippen LogP contribution < -0.4 is 11.1 Å². The fraction of sp³-hybridized carbons (Fsp3) is 0.0714. The Morgan fingerprint density at radius 3 is 2.95 bits per heavy atom. The third-order valence-corrected chi connectivity index (χ3v) is 3.87. The highest BCUT2D eigenvalue weighted by molar-refractivity contribution is 7.22. The van der Waals surface area contributed by atoms with Gasteiger partial charge in [0.25, 0.3) is 0 Å². The van der Waals surface area contributed by atoms with Crippen molar-refractivity contribution in [1.29, 1.82) is 0 Å². The quantitative estimate of drug-likeness (QED) is 0.762. The summed E-state index contributed by atoms with van der Waals surface area (Å²) in [5, 5.41) is 4.72. The molecule has 0 aliphatic rings. The largest absolute Gasteiger partial charge is 0.381 e. The van der Waals surface area contributed by atoms with Crippen molar-refractivity contribution in [1.82, 2.24) is 4.98 Å². The molecule has 0 amide bonds. The number of fused-ring (bicyclic) bond motifs is 1. The minimum atomic E-state index is 0.599. The molecule has 0 saturated heterocycles. The topological polar surface area (TPSA) is 50.9 Å². The Labute approximate surface area is 120 Å². The van der Waals surface area contributed by atoms with E-state index in [1.54, 1.807) is 0 Å². The minimum Gasteiger partial charge on any atom is -0.381 e. The predicted octanol–water partition coefficient (Wildman–Crippen LogP) is 4.14.